The minimum atomic E-state index is 0.701. The predicted octanol–water partition coefficient (Wildman–Crippen LogP) is 2.54. The molecule has 4 heteroatoms. The largest absolute Gasteiger partial charge is 0.467 e. The number of hydrogen-bond donors (Lipinski definition) is 2. The Morgan fingerprint density at radius 3 is 2.92 bits per heavy atom. The van der Waals surface area contributed by atoms with Crippen molar-refractivity contribution in [2.75, 3.05) is 11.1 Å². The molecule has 2 rings (SSSR count). The van der Waals surface area contributed by atoms with Gasteiger partial charge in [-0.25, -0.2) is 0 Å². The van der Waals surface area contributed by atoms with E-state index in [0.29, 0.717) is 6.54 Å². The van der Waals surface area contributed by atoms with Crippen LogP contribution in [0.3, 0.4) is 0 Å². The van der Waals surface area contributed by atoms with Crippen molar-refractivity contribution in [3.63, 3.8) is 0 Å². The topological polar surface area (TPSA) is 51.2 Å². The average molecular weight is 194 g/mol. The first-order chi connectivity index (χ1) is 6.34. The van der Waals surface area contributed by atoms with E-state index in [0.717, 1.165) is 15.8 Å². The second-order valence-electron chi connectivity index (χ2n) is 2.63. The molecule has 68 valence electrons. The van der Waals surface area contributed by atoms with Crippen LogP contribution in [0.4, 0.5) is 10.0 Å². The van der Waals surface area contributed by atoms with Gasteiger partial charge in [-0.3, -0.25) is 0 Å². The standard InChI is InChI=1S/C9H10N2OS/c10-8-3-4-9(13-8)11-6-7-2-1-5-12-7/h1-5,11H,6,10H2. The lowest BCUT2D eigenvalue weighted by atomic mass is 10.4. The van der Waals surface area contributed by atoms with Gasteiger partial charge in [0.1, 0.15) is 5.76 Å². The Bertz CT molecular complexity index is 367. The zero-order valence-corrected chi connectivity index (χ0v) is 7.80. The van der Waals surface area contributed by atoms with Gasteiger partial charge in [-0.05, 0) is 24.3 Å². The lowest BCUT2D eigenvalue weighted by molar-refractivity contribution is 0.518. The average Bonchev–Trinajstić information content (AvgIpc) is 2.71. The summed E-state index contributed by atoms with van der Waals surface area (Å²) in [6, 6.07) is 7.65. The van der Waals surface area contributed by atoms with Gasteiger partial charge in [-0.2, -0.15) is 0 Å². The number of thiophene rings is 1. The molecule has 2 aromatic rings. The zero-order chi connectivity index (χ0) is 9.10. The highest BCUT2D eigenvalue weighted by atomic mass is 32.1. The van der Waals surface area contributed by atoms with Crippen molar-refractivity contribution < 1.29 is 4.42 Å². The molecule has 2 heterocycles. The Kier molecular flexibility index (Phi) is 2.23. The highest BCUT2D eigenvalue weighted by Gasteiger charge is 1.97. The Balaban J connectivity index is 1.93. The quantitative estimate of drug-likeness (QED) is 0.789. The van der Waals surface area contributed by atoms with E-state index in [9.17, 15) is 0 Å². The summed E-state index contributed by atoms with van der Waals surface area (Å²) < 4.78 is 5.17. The summed E-state index contributed by atoms with van der Waals surface area (Å²) >= 11 is 1.53. The number of anilines is 2. The third-order valence-corrected chi connectivity index (χ3v) is 2.52. The SMILES string of the molecule is Nc1ccc(NCc2ccco2)s1. The van der Waals surface area contributed by atoms with Gasteiger partial charge in [-0.1, -0.05) is 0 Å². The molecule has 0 bridgehead atoms. The highest BCUT2D eigenvalue weighted by molar-refractivity contribution is 7.19. The molecule has 0 saturated heterocycles. The number of rotatable bonds is 3. The van der Waals surface area contributed by atoms with Crippen molar-refractivity contribution >= 4 is 21.3 Å². The van der Waals surface area contributed by atoms with Gasteiger partial charge in [0.2, 0.25) is 0 Å². The molecule has 3 nitrogen and oxygen atoms in total. The van der Waals surface area contributed by atoms with E-state index in [2.05, 4.69) is 5.32 Å². The van der Waals surface area contributed by atoms with E-state index in [1.807, 2.05) is 24.3 Å². The normalized spacial score (nSPS) is 10.2. The molecule has 0 fully saturated rings. The van der Waals surface area contributed by atoms with Crippen LogP contribution in [0.15, 0.2) is 34.9 Å². The molecule has 0 aromatic carbocycles. The van der Waals surface area contributed by atoms with E-state index in [4.69, 9.17) is 10.2 Å². The van der Waals surface area contributed by atoms with Crippen LogP contribution in [0, 0.1) is 0 Å². The summed E-state index contributed by atoms with van der Waals surface area (Å²) in [6.07, 6.45) is 1.67. The molecule has 0 aliphatic heterocycles. The second kappa shape index (κ2) is 3.53. The molecule has 0 radical (unpaired) electrons. The number of furan rings is 1. The highest BCUT2D eigenvalue weighted by Crippen LogP contribution is 2.23. The molecule has 2 aromatic heterocycles. The molecule has 0 amide bonds. The van der Waals surface area contributed by atoms with Gasteiger partial charge in [0.05, 0.1) is 22.8 Å². The fourth-order valence-electron chi connectivity index (χ4n) is 1.04. The van der Waals surface area contributed by atoms with Crippen LogP contribution in [0.25, 0.3) is 0 Å². The first kappa shape index (κ1) is 8.19. The molecule has 0 aliphatic carbocycles. The molecular weight excluding hydrogens is 184 g/mol. The predicted molar refractivity (Wildman–Crippen MR) is 54.8 cm³/mol. The third-order valence-electron chi connectivity index (χ3n) is 1.64. The summed E-state index contributed by atoms with van der Waals surface area (Å²) in [5.41, 5.74) is 5.58. The van der Waals surface area contributed by atoms with Crippen LogP contribution in [0.2, 0.25) is 0 Å². The molecule has 0 saturated carbocycles. The number of hydrogen-bond acceptors (Lipinski definition) is 4. The lowest BCUT2D eigenvalue weighted by Crippen LogP contribution is -1.95. The second-order valence-corrected chi connectivity index (χ2v) is 3.75. The Morgan fingerprint density at radius 1 is 1.38 bits per heavy atom. The fraction of sp³-hybridized carbons (Fsp3) is 0.111. The molecule has 3 N–H and O–H groups in total. The van der Waals surface area contributed by atoms with Crippen molar-refractivity contribution in [3.8, 4) is 0 Å². The summed E-state index contributed by atoms with van der Waals surface area (Å²) in [4.78, 5) is 0. The number of nitrogen functional groups attached to an aromatic ring is 1. The summed E-state index contributed by atoms with van der Waals surface area (Å²) in [5.74, 6) is 0.923. The van der Waals surface area contributed by atoms with E-state index >= 15 is 0 Å². The van der Waals surface area contributed by atoms with Gasteiger partial charge < -0.3 is 15.5 Å². The van der Waals surface area contributed by atoms with Crippen molar-refractivity contribution in [2.45, 2.75) is 6.54 Å². The first-order valence-corrected chi connectivity index (χ1v) is 4.78. The van der Waals surface area contributed by atoms with Gasteiger partial charge in [0.25, 0.3) is 0 Å². The van der Waals surface area contributed by atoms with Crippen molar-refractivity contribution in [1.29, 1.82) is 0 Å². The van der Waals surface area contributed by atoms with Crippen LogP contribution in [0.5, 0.6) is 0 Å². The van der Waals surface area contributed by atoms with E-state index in [-0.39, 0.29) is 0 Å². The van der Waals surface area contributed by atoms with Gasteiger partial charge in [-0.15, -0.1) is 11.3 Å². The Morgan fingerprint density at radius 2 is 2.31 bits per heavy atom. The maximum Gasteiger partial charge on any atom is 0.122 e. The summed E-state index contributed by atoms with van der Waals surface area (Å²) in [6.45, 7) is 0.701. The zero-order valence-electron chi connectivity index (χ0n) is 6.99. The molecule has 0 atom stereocenters. The molecule has 13 heavy (non-hydrogen) atoms. The first-order valence-electron chi connectivity index (χ1n) is 3.96. The van der Waals surface area contributed by atoms with E-state index in [1.54, 1.807) is 6.26 Å². The third kappa shape index (κ3) is 2.03. The van der Waals surface area contributed by atoms with E-state index < -0.39 is 0 Å². The van der Waals surface area contributed by atoms with Crippen molar-refractivity contribution in [3.05, 3.63) is 36.3 Å². The van der Waals surface area contributed by atoms with Crippen LogP contribution in [-0.2, 0) is 6.54 Å². The van der Waals surface area contributed by atoms with Crippen molar-refractivity contribution in [1.82, 2.24) is 0 Å². The van der Waals surface area contributed by atoms with Crippen LogP contribution < -0.4 is 11.1 Å². The summed E-state index contributed by atoms with van der Waals surface area (Å²) in [5, 5.41) is 5.10. The Hall–Kier alpha value is -1.42. The maximum absolute atomic E-state index is 5.58. The van der Waals surface area contributed by atoms with E-state index in [1.165, 1.54) is 11.3 Å². The smallest absolute Gasteiger partial charge is 0.122 e. The molecule has 0 spiro atoms. The number of nitrogens with one attached hydrogen (secondary N) is 1. The van der Waals surface area contributed by atoms with Gasteiger partial charge in [0.15, 0.2) is 0 Å². The minimum Gasteiger partial charge on any atom is -0.467 e. The lowest BCUT2D eigenvalue weighted by Gasteiger charge is -1.98. The molecular formula is C9H10N2OS. The summed E-state index contributed by atoms with van der Waals surface area (Å²) in [7, 11) is 0. The van der Waals surface area contributed by atoms with Crippen molar-refractivity contribution in [2.24, 2.45) is 0 Å². The molecule has 0 aliphatic rings. The van der Waals surface area contributed by atoms with Crippen LogP contribution >= 0.6 is 11.3 Å². The van der Waals surface area contributed by atoms with Crippen LogP contribution in [0.1, 0.15) is 5.76 Å². The molecule has 0 unspecified atom stereocenters. The van der Waals surface area contributed by atoms with Gasteiger partial charge >= 0.3 is 0 Å². The maximum atomic E-state index is 5.58. The van der Waals surface area contributed by atoms with Crippen LogP contribution in [-0.4, -0.2) is 0 Å². The number of nitrogens with two attached hydrogens (primary N) is 1. The van der Waals surface area contributed by atoms with Gasteiger partial charge in [0, 0.05) is 0 Å². The minimum absolute atomic E-state index is 0.701. The Labute approximate surface area is 80.2 Å². The monoisotopic (exact) mass is 194 g/mol. The fourth-order valence-corrected chi connectivity index (χ4v) is 1.71.